The molecule has 1 N–H and O–H groups in total. The van der Waals surface area contributed by atoms with Crippen molar-refractivity contribution in [2.24, 2.45) is 0 Å². The van der Waals surface area contributed by atoms with Crippen molar-refractivity contribution in [2.75, 3.05) is 23.3 Å². The minimum Gasteiger partial charge on any atom is -0.356 e. The molecule has 0 radical (unpaired) electrons. The molecular weight excluding hydrogens is 292 g/mol. The van der Waals surface area contributed by atoms with Crippen molar-refractivity contribution in [3.63, 3.8) is 0 Å². The molecular formula is C16H22N6O. The minimum atomic E-state index is -0.146. The summed E-state index contributed by atoms with van der Waals surface area (Å²) in [7, 11) is 0. The van der Waals surface area contributed by atoms with E-state index < -0.39 is 0 Å². The van der Waals surface area contributed by atoms with Crippen molar-refractivity contribution >= 4 is 17.5 Å². The van der Waals surface area contributed by atoms with E-state index in [1.807, 2.05) is 26.0 Å². The van der Waals surface area contributed by atoms with Crippen LogP contribution < -0.4 is 10.2 Å². The first-order valence-corrected chi connectivity index (χ1v) is 7.98. The molecule has 0 bridgehead atoms. The maximum absolute atomic E-state index is 11.4. The summed E-state index contributed by atoms with van der Waals surface area (Å²) < 4.78 is 1.72. The molecule has 2 aromatic rings. The van der Waals surface area contributed by atoms with E-state index in [0.29, 0.717) is 11.8 Å². The average Bonchev–Trinajstić information content (AvgIpc) is 2.86. The maximum atomic E-state index is 11.4. The number of nitrogens with one attached hydrogen (secondary N) is 1. The van der Waals surface area contributed by atoms with Gasteiger partial charge in [0.1, 0.15) is 11.6 Å². The second-order valence-corrected chi connectivity index (χ2v) is 5.98. The fourth-order valence-corrected chi connectivity index (χ4v) is 2.88. The van der Waals surface area contributed by atoms with Crippen LogP contribution in [0.15, 0.2) is 12.1 Å². The van der Waals surface area contributed by atoms with E-state index in [4.69, 9.17) is 0 Å². The zero-order valence-corrected chi connectivity index (χ0v) is 13.8. The van der Waals surface area contributed by atoms with Crippen LogP contribution in [0.1, 0.15) is 37.6 Å². The van der Waals surface area contributed by atoms with Crippen molar-refractivity contribution in [1.82, 2.24) is 19.7 Å². The number of carbonyl (C=O) groups excluding carboxylic acids is 1. The molecule has 0 unspecified atom stereocenters. The summed E-state index contributed by atoms with van der Waals surface area (Å²) in [5, 5.41) is 7.21. The number of hydrogen-bond donors (Lipinski definition) is 1. The number of carbonyl (C=O) groups is 1. The maximum Gasteiger partial charge on any atom is 0.254 e. The molecule has 3 heterocycles. The van der Waals surface area contributed by atoms with Gasteiger partial charge in [0.25, 0.3) is 5.95 Å². The van der Waals surface area contributed by atoms with Gasteiger partial charge in [-0.15, -0.1) is 0 Å². The van der Waals surface area contributed by atoms with E-state index in [1.165, 1.54) is 13.3 Å². The number of hydrogen-bond acceptors (Lipinski definition) is 5. The highest BCUT2D eigenvalue weighted by Crippen LogP contribution is 2.22. The molecule has 0 spiro atoms. The van der Waals surface area contributed by atoms with E-state index in [9.17, 15) is 4.79 Å². The molecule has 1 saturated heterocycles. The first kappa shape index (κ1) is 15.5. The molecule has 7 nitrogen and oxygen atoms in total. The lowest BCUT2D eigenvalue weighted by atomic mass is 10.1. The largest absolute Gasteiger partial charge is 0.356 e. The van der Waals surface area contributed by atoms with Gasteiger partial charge in [-0.1, -0.05) is 0 Å². The van der Waals surface area contributed by atoms with Gasteiger partial charge in [-0.3, -0.25) is 4.79 Å². The highest BCUT2D eigenvalue weighted by Gasteiger charge is 2.17. The second kappa shape index (κ2) is 6.36. The van der Waals surface area contributed by atoms with Crippen molar-refractivity contribution < 1.29 is 4.79 Å². The molecule has 0 aromatic carbocycles. The lowest BCUT2D eigenvalue weighted by Gasteiger charge is -2.28. The van der Waals surface area contributed by atoms with Crippen LogP contribution in [0.3, 0.4) is 0 Å². The Morgan fingerprint density at radius 3 is 2.48 bits per heavy atom. The number of piperidine rings is 1. The summed E-state index contributed by atoms with van der Waals surface area (Å²) in [4.78, 5) is 22.8. The molecule has 122 valence electrons. The van der Waals surface area contributed by atoms with E-state index in [0.717, 1.165) is 43.1 Å². The summed E-state index contributed by atoms with van der Waals surface area (Å²) in [6.07, 6.45) is 3.58. The van der Waals surface area contributed by atoms with Crippen LogP contribution in [-0.4, -0.2) is 38.7 Å². The monoisotopic (exact) mass is 314 g/mol. The predicted octanol–water partition coefficient (Wildman–Crippen LogP) is 2.23. The van der Waals surface area contributed by atoms with Crippen LogP contribution >= 0.6 is 0 Å². The number of anilines is 2. The predicted molar refractivity (Wildman–Crippen MR) is 89.0 cm³/mol. The van der Waals surface area contributed by atoms with Crippen molar-refractivity contribution in [1.29, 1.82) is 0 Å². The summed E-state index contributed by atoms with van der Waals surface area (Å²) >= 11 is 0. The number of aromatic nitrogens is 4. The zero-order valence-electron chi connectivity index (χ0n) is 13.8. The van der Waals surface area contributed by atoms with Gasteiger partial charge in [-0.05, 0) is 39.2 Å². The van der Waals surface area contributed by atoms with Crippen molar-refractivity contribution in [2.45, 2.75) is 40.0 Å². The third kappa shape index (κ3) is 3.49. The quantitative estimate of drug-likeness (QED) is 0.940. The second-order valence-electron chi connectivity index (χ2n) is 5.98. The molecule has 2 aromatic heterocycles. The Hall–Kier alpha value is -2.44. The molecule has 1 aliphatic heterocycles. The molecule has 7 heteroatoms. The van der Waals surface area contributed by atoms with Gasteiger partial charge < -0.3 is 10.2 Å². The van der Waals surface area contributed by atoms with Gasteiger partial charge in [-0.2, -0.15) is 15.1 Å². The molecule has 3 rings (SSSR count). The van der Waals surface area contributed by atoms with Crippen molar-refractivity contribution in [3.05, 3.63) is 23.5 Å². The third-order valence-corrected chi connectivity index (χ3v) is 3.88. The lowest BCUT2D eigenvalue weighted by Crippen LogP contribution is -2.30. The average molecular weight is 314 g/mol. The molecule has 1 fully saturated rings. The Morgan fingerprint density at radius 1 is 1.13 bits per heavy atom. The van der Waals surface area contributed by atoms with Gasteiger partial charge in [0, 0.05) is 31.8 Å². The smallest absolute Gasteiger partial charge is 0.254 e. The van der Waals surface area contributed by atoms with Gasteiger partial charge in [0.05, 0.1) is 5.69 Å². The summed E-state index contributed by atoms with van der Waals surface area (Å²) in [5.41, 5.74) is 1.88. The number of rotatable bonds is 3. The van der Waals surface area contributed by atoms with Gasteiger partial charge >= 0.3 is 0 Å². The normalized spacial score (nSPS) is 14.8. The number of amides is 1. The van der Waals surface area contributed by atoms with Crippen LogP contribution in [-0.2, 0) is 4.79 Å². The number of nitrogens with zero attached hydrogens (tertiary/aromatic N) is 5. The van der Waals surface area contributed by atoms with E-state index >= 15 is 0 Å². The fourth-order valence-electron chi connectivity index (χ4n) is 2.88. The molecule has 0 atom stereocenters. The van der Waals surface area contributed by atoms with Crippen molar-refractivity contribution in [3.8, 4) is 5.95 Å². The first-order valence-electron chi connectivity index (χ1n) is 7.98. The highest BCUT2D eigenvalue weighted by molar-refractivity contribution is 5.88. The summed E-state index contributed by atoms with van der Waals surface area (Å²) in [6.45, 7) is 7.34. The Labute approximate surface area is 135 Å². The Balaban J connectivity index is 2.03. The molecule has 0 aliphatic carbocycles. The van der Waals surface area contributed by atoms with E-state index in [2.05, 4.69) is 25.3 Å². The zero-order chi connectivity index (χ0) is 16.4. The van der Waals surface area contributed by atoms with Gasteiger partial charge in [-0.25, -0.2) is 4.68 Å². The highest BCUT2D eigenvalue weighted by atomic mass is 16.1. The standard InChI is InChI=1S/C16H22N6O/c1-11-9-12(2)22(20-11)16-18-14(17-13(3)23)10-15(19-16)21-7-5-4-6-8-21/h9-10H,4-8H2,1-3H3,(H,17,18,19,23). The van der Waals surface area contributed by atoms with Crippen LogP contribution in [0.2, 0.25) is 0 Å². The van der Waals surface area contributed by atoms with Gasteiger partial charge in [0.2, 0.25) is 5.91 Å². The fraction of sp³-hybridized carbons (Fsp3) is 0.500. The van der Waals surface area contributed by atoms with Crippen LogP contribution in [0.4, 0.5) is 11.6 Å². The van der Waals surface area contributed by atoms with Gasteiger partial charge in [0.15, 0.2) is 0 Å². The molecule has 23 heavy (non-hydrogen) atoms. The summed E-state index contributed by atoms with van der Waals surface area (Å²) in [5.74, 6) is 1.69. The van der Waals surface area contributed by atoms with E-state index in [-0.39, 0.29) is 5.91 Å². The van der Waals surface area contributed by atoms with E-state index in [1.54, 1.807) is 4.68 Å². The minimum absolute atomic E-state index is 0.146. The van der Waals surface area contributed by atoms with Crippen LogP contribution in [0.5, 0.6) is 0 Å². The molecule has 0 saturated carbocycles. The third-order valence-electron chi connectivity index (χ3n) is 3.88. The van der Waals surface area contributed by atoms with Crippen LogP contribution in [0.25, 0.3) is 5.95 Å². The first-order chi connectivity index (χ1) is 11.0. The number of aryl methyl sites for hydroxylation is 2. The molecule has 1 aliphatic rings. The SMILES string of the molecule is CC(=O)Nc1cc(N2CCCCC2)nc(-n2nc(C)cc2C)n1. The topological polar surface area (TPSA) is 75.9 Å². The summed E-state index contributed by atoms with van der Waals surface area (Å²) in [6, 6.07) is 3.82. The van der Waals surface area contributed by atoms with Crippen LogP contribution in [0, 0.1) is 13.8 Å². The Kier molecular flexibility index (Phi) is 4.27. The lowest BCUT2D eigenvalue weighted by molar-refractivity contribution is -0.114. The Bertz CT molecular complexity index is 717. The Morgan fingerprint density at radius 2 is 1.87 bits per heavy atom. The molecule has 1 amide bonds.